The van der Waals surface area contributed by atoms with E-state index in [4.69, 9.17) is 4.74 Å². The second-order valence-electron chi connectivity index (χ2n) is 7.15. The van der Waals surface area contributed by atoms with Gasteiger partial charge in [-0.15, -0.1) is 21.5 Å². The fraction of sp³-hybridized carbons (Fsp3) is 0.227. The summed E-state index contributed by atoms with van der Waals surface area (Å²) in [7, 11) is 0. The largest absolute Gasteiger partial charge is 0.486 e. The molecule has 2 aromatic carbocycles. The molecule has 2 aromatic heterocycles. The van der Waals surface area contributed by atoms with Gasteiger partial charge in [0.1, 0.15) is 29.0 Å². The van der Waals surface area contributed by atoms with Crippen LogP contribution in [-0.2, 0) is 12.4 Å². The Bertz CT molecular complexity index is 1190. The van der Waals surface area contributed by atoms with Crippen molar-refractivity contribution in [3.8, 4) is 17.1 Å². The van der Waals surface area contributed by atoms with Crippen molar-refractivity contribution >= 4 is 23.1 Å². The molecule has 9 heteroatoms. The van der Waals surface area contributed by atoms with E-state index < -0.39 is 0 Å². The minimum Gasteiger partial charge on any atom is -0.486 e. The van der Waals surface area contributed by atoms with Crippen molar-refractivity contribution in [3.05, 3.63) is 76.2 Å². The van der Waals surface area contributed by atoms with Crippen LogP contribution in [-0.4, -0.2) is 19.7 Å². The Morgan fingerprint density at radius 1 is 1.06 bits per heavy atom. The lowest BCUT2D eigenvalue weighted by atomic mass is 10.2. The Hall–Kier alpha value is -2.78. The van der Waals surface area contributed by atoms with Crippen molar-refractivity contribution in [1.82, 2.24) is 19.7 Å². The summed E-state index contributed by atoms with van der Waals surface area (Å²) in [4.78, 5) is 4.61. The van der Waals surface area contributed by atoms with Crippen molar-refractivity contribution in [2.24, 2.45) is 0 Å². The Morgan fingerprint density at radius 2 is 1.87 bits per heavy atom. The summed E-state index contributed by atoms with van der Waals surface area (Å²) in [5.74, 6) is 1.23. The molecule has 0 bridgehead atoms. The molecule has 1 saturated carbocycles. The molecule has 0 unspecified atom stereocenters. The van der Waals surface area contributed by atoms with Crippen molar-refractivity contribution in [1.29, 1.82) is 0 Å². The van der Waals surface area contributed by atoms with Crippen LogP contribution in [0.3, 0.4) is 0 Å². The number of hydrogen-bond acceptors (Lipinski definition) is 6. The fourth-order valence-electron chi connectivity index (χ4n) is 3.16. The molecule has 2 heterocycles. The van der Waals surface area contributed by atoms with E-state index in [0.29, 0.717) is 35.5 Å². The third-order valence-corrected chi connectivity index (χ3v) is 6.66. The van der Waals surface area contributed by atoms with E-state index in [-0.39, 0.29) is 11.6 Å². The molecule has 1 fully saturated rings. The zero-order valence-corrected chi connectivity index (χ0v) is 18.0. The second-order valence-corrected chi connectivity index (χ2v) is 9.04. The average molecular weight is 457 g/mol. The summed E-state index contributed by atoms with van der Waals surface area (Å²) in [5, 5.41) is 12.2. The van der Waals surface area contributed by atoms with E-state index in [9.17, 15) is 8.78 Å². The van der Waals surface area contributed by atoms with Crippen LogP contribution in [0.1, 0.15) is 29.6 Å². The first-order valence-electron chi connectivity index (χ1n) is 9.81. The van der Waals surface area contributed by atoms with Crippen LogP contribution in [0.4, 0.5) is 8.78 Å². The number of aromatic nitrogens is 4. The van der Waals surface area contributed by atoms with E-state index in [1.165, 1.54) is 29.5 Å². The van der Waals surface area contributed by atoms with E-state index in [0.717, 1.165) is 28.7 Å². The second kappa shape index (κ2) is 8.76. The van der Waals surface area contributed by atoms with E-state index in [1.807, 2.05) is 16.0 Å². The highest BCUT2D eigenvalue weighted by Gasteiger charge is 2.31. The van der Waals surface area contributed by atoms with Gasteiger partial charge in [-0.1, -0.05) is 23.9 Å². The van der Waals surface area contributed by atoms with Crippen LogP contribution >= 0.6 is 23.1 Å². The van der Waals surface area contributed by atoms with Gasteiger partial charge in [0.15, 0.2) is 11.0 Å². The van der Waals surface area contributed by atoms with Crippen LogP contribution in [0.5, 0.6) is 5.75 Å². The molecule has 0 amide bonds. The molecular formula is C22H18F2N4OS2. The average Bonchev–Trinajstić information content (AvgIpc) is 3.37. The van der Waals surface area contributed by atoms with Crippen molar-refractivity contribution in [2.45, 2.75) is 36.4 Å². The van der Waals surface area contributed by atoms with E-state index in [1.54, 1.807) is 36.0 Å². The predicted molar refractivity (Wildman–Crippen MR) is 116 cm³/mol. The number of benzene rings is 2. The maximum Gasteiger partial charge on any atom is 0.192 e. The SMILES string of the molecule is Fc1ccc(OCc2nc(CSc3nnc(-c4ccccc4F)n3C3CC3)cs2)cc1. The maximum absolute atomic E-state index is 14.3. The van der Waals surface area contributed by atoms with Crippen molar-refractivity contribution < 1.29 is 13.5 Å². The summed E-state index contributed by atoms with van der Waals surface area (Å²) in [6, 6.07) is 12.9. The highest BCUT2D eigenvalue weighted by molar-refractivity contribution is 7.98. The molecule has 4 aromatic rings. The summed E-state index contributed by atoms with van der Waals surface area (Å²) >= 11 is 3.07. The van der Waals surface area contributed by atoms with Crippen LogP contribution in [0.15, 0.2) is 59.1 Å². The first-order chi connectivity index (χ1) is 15.2. The fourth-order valence-corrected chi connectivity index (χ4v) is 4.87. The topological polar surface area (TPSA) is 52.8 Å². The Morgan fingerprint density at radius 3 is 2.65 bits per heavy atom. The number of nitrogens with zero attached hydrogens (tertiary/aromatic N) is 4. The smallest absolute Gasteiger partial charge is 0.192 e. The van der Waals surface area contributed by atoms with Gasteiger partial charge < -0.3 is 4.74 Å². The van der Waals surface area contributed by atoms with Crippen LogP contribution < -0.4 is 4.74 Å². The molecule has 1 aliphatic rings. The normalized spacial score (nSPS) is 13.5. The molecular weight excluding hydrogens is 438 g/mol. The van der Waals surface area contributed by atoms with Gasteiger partial charge in [-0.2, -0.15) is 0 Å². The Labute approximate surface area is 186 Å². The van der Waals surface area contributed by atoms with Gasteiger partial charge in [0.25, 0.3) is 0 Å². The minimum absolute atomic E-state index is 0.293. The summed E-state index contributed by atoms with van der Waals surface area (Å²) in [5.41, 5.74) is 1.40. The Balaban J connectivity index is 1.25. The highest BCUT2D eigenvalue weighted by atomic mass is 32.2. The first-order valence-corrected chi connectivity index (χ1v) is 11.7. The summed E-state index contributed by atoms with van der Waals surface area (Å²) in [6.07, 6.45) is 2.10. The number of halogens is 2. The van der Waals surface area contributed by atoms with Gasteiger partial charge in [0.2, 0.25) is 0 Å². The van der Waals surface area contributed by atoms with Gasteiger partial charge in [0, 0.05) is 17.2 Å². The number of rotatable bonds is 8. The van der Waals surface area contributed by atoms with E-state index in [2.05, 4.69) is 15.2 Å². The van der Waals surface area contributed by atoms with Crippen LogP contribution in [0, 0.1) is 11.6 Å². The van der Waals surface area contributed by atoms with Gasteiger partial charge in [0.05, 0.1) is 11.3 Å². The molecule has 0 saturated heterocycles. The molecule has 0 aliphatic heterocycles. The maximum atomic E-state index is 14.3. The lowest BCUT2D eigenvalue weighted by molar-refractivity contribution is 0.305. The number of ether oxygens (including phenoxy) is 1. The zero-order valence-electron chi connectivity index (χ0n) is 16.4. The lowest BCUT2D eigenvalue weighted by Gasteiger charge is -2.09. The minimum atomic E-state index is -0.293. The van der Waals surface area contributed by atoms with Crippen LogP contribution in [0.2, 0.25) is 0 Å². The van der Waals surface area contributed by atoms with Crippen molar-refractivity contribution in [3.63, 3.8) is 0 Å². The molecule has 31 heavy (non-hydrogen) atoms. The number of thiazole rings is 1. The molecule has 0 atom stereocenters. The van der Waals surface area contributed by atoms with Gasteiger partial charge in [-0.3, -0.25) is 4.57 Å². The molecule has 158 valence electrons. The highest BCUT2D eigenvalue weighted by Crippen LogP contribution is 2.41. The monoisotopic (exact) mass is 456 g/mol. The van der Waals surface area contributed by atoms with E-state index >= 15 is 0 Å². The summed E-state index contributed by atoms with van der Waals surface area (Å²) < 4.78 is 35.0. The first kappa shape index (κ1) is 20.1. The molecule has 5 nitrogen and oxygen atoms in total. The molecule has 0 spiro atoms. The molecule has 0 radical (unpaired) electrons. The van der Waals surface area contributed by atoms with Crippen LogP contribution in [0.25, 0.3) is 11.4 Å². The molecule has 5 rings (SSSR count). The third-order valence-electron chi connectivity index (χ3n) is 4.82. The quantitative estimate of drug-likeness (QED) is 0.310. The van der Waals surface area contributed by atoms with Gasteiger partial charge in [-0.25, -0.2) is 13.8 Å². The predicted octanol–water partition coefficient (Wildman–Crippen LogP) is 5.89. The van der Waals surface area contributed by atoms with Crippen molar-refractivity contribution in [2.75, 3.05) is 0 Å². The third kappa shape index (κ3) is 4.62. The van der Waals surface area contributed by atoms with Gasteiger partial charge >= 0.3 is 0 Å². The molecule has 1 aliphatic carbocycles. The number of thioether (sulfide) groups is 1. The Kier molecular flexibility index (Phi) is 5.69. The standard InChI is InChI=1S/C22H18F2N4OS2/c23-14-5-9-17(10-6-14)29-11-20-25-15(12-30-20)13-31-22-27-26-21(28(22)16-7-8-16)18-3-1-2-4-19(18)24/h1-6,9-10,12,16H,7-8,11,13H2. The molecule has 0 N–H and O–H groups in total. The summed E-state index contributed by atoms with van der Waals surface area (Å²) in [6.45, 7) is 0.330. The zero-order chi connectivity index (χ0) is 21.2. The number of hydrogen-bond donors (Lipinski definition) is 0. The lowest BCUT2D eigenvalue weighted by Crippen LogP contribution is -2.01. The van der Waals surface area contributed by atoms with Gasteiger partial charge in [-0.05, 0) is 49.2 Å².